The fraction of sp³-hybridized carbons (Fsp3) is 0.591. The van der Waals surface area contributed by atoms with Crippen molar-refractivity contribution in [3.63, 3.8) is 0 Å². The standard InChI is InChI=1S/C22H35N5O/c1-5-18-7-6-8-20-19(14-25-21(18)20)9-10-24-22(23-4)26-13-16(2)27-11-12-28-15-17(27)3/h6-8,14,16-17,25H,5,9-13,15H2,1-4H3,(H2,23,24,26). The fourth-order valence-electron chi connectivity index (χ4n) is 4.07. The number of aromatic nitrogens is 1. The van der Waals surface area contributed by atoms with E-state index in [-0.39, 0.29) is 0 Å². The van der Waals surface area contributed by atoms with Crippen molar-refractivity contribution in [2.75, 3.05) is 39.9 Å². The van der Waals surface area contributed by atoms with Gasteiger partial charge >= 0.3 is 0 Å². The normalized spacial score (nSPS) is 19.7. The predicted octanol–water partition coefficient (Wildman–Crippen LogP) is 2.55. The minimum Gasteiger partial charge on any atom is -0.379 e. The van der Waals surface area contributed by atoms with Gasteiger partial charge in [-0.15, -0.1) is 0 Å². The molecular weight excluding hydrogens is 350 g/mol. The van der Waals surface area contributed by atoms with Crippen LogP contribution in [0.25, 0.3) is 10.9 Å². The lowest BCUT2D eigenvalue weighted by molar-refractivity contribution is -0.0174. The van der Waals surface area contributed by atoms with Crippen LogP contribution >= 0.6 is 0 Å². The Kier molecular flexibility index (Phi) is 7.34. The van der Waals surface area contributed by atoms with Gasteiger partial charge in [0, 0.05) is 55.9 Å². The van der Waals surface area contributed by atoms with Gasteiger partial charge in [0.25, 0.3) is 0 Å². The number of para-hydroxylation sites is 1. The third-order valence-corrected chi connectivity index (χ3v) is 5.73. The number of rotatable bonds is 7. The van der Waals surface area contributed by atoms with E-state index in [1.807, 2.05) is 7.05 Å². The quantitative estimate of drug-likeness (QED) is 0.506. The largest absolute Gasteiger partial charge is 0.379 e. The van der Waals surface area contributed by atoms with Crippen molar-refractivity contribution in [3.8, 4) is 0 Å². The van der Waals surface area contributed by atoms with E-state index in [4.69, 9.17) is 4.74 Å². The maximum Gasteiger partial charge on any atom is 0.191 e. The smallest absolute Gasteiger partial charge is 0.191 e. The molecule has 6 heteroatoms. The van der Waals surface area contributed by atoms with E-state index in [1.165, 1.54) is 22.0 Å². The molecule has 1 saturated heterocycles. The number of morpholine rings is 1. The van der Waals surface area contributed by atoms with Gasteiger partial charge in [-0.25, -0.2) is 0 Å². The van der Waals surface area contributed by atoms with E-state index in [0.29, 0.717) is 12.1 Å². The molecule has 3 rings (SSSR count). The maximum atomic E-state index is 5.54. The number of hydrogen-bond donors (Lipinski definition) is 3. The predicted molar refractivity (Wildman–Crippen MR) is 117 cm³/mol. The molecular formula is C22H35N5O. The second-order valence-electron chi connectivity index (χ2n) is 7.65. The van der Waals surface area contributed by atoms with E-state index < -0.39 is 0 Å². The zero-order valence-corrected chi connectivity index (χ0v) is 17.7. The van der Waals surface area contributed by atoms with Gasteiger partial charge < -0.3 is 20.4 Å². The summed E-state index contributed by atoms with van der Waals surface area (Å²) in [6.45, 7) is 11.1. The van der Waals surface area contributed by atoms with Crippen LogP contribution in [0.2, 0.25) is 0 Å². The van der Waals surface area contributed by atoms with E-state index in [9.17, 15) is 0 Å². The van der Waals surface area contributed by atoms with Crippen LogP contribution in [0.4, 0.5) is 0 Å². The molecule has 3 N–H and O–H groups in total. The van der Waals surface area contributed by atoms with Crippen LogP contribution in [0.3, 0.4) is 0 Å². The van der Waals surface area contributed by atoms with E-state index in [1.54, 1.807) is 0 Å². The molecule has 2 aromatic rings. The number of nitrogens with zero attached hydrogens (tertiary/aromatic N) is 2. The number of aromatic amines is 1. The lowest BCUT2D eigenvalue weighted by atomic mass is 10.1. The fourth-order valence-corrected chi connectivity index (χ4v) is 4.07. The lowest BCUT2D eigenvalue weighted by Gasteiger charge is -2.38. The first-order valence-corrected chi connectivity index (χ1v) is 10.5. The van der Waals surface area contributed by atoms with Gasteiger partial charge in [-0.1, -0.05) is 25.1 Å². The monoisotopic (exact) mass is 385 g/mol. The Morgan fingerprint density at radius 3 is 2.96 bits per heavy atom. The van der Waals surface area contributed by atoms with Crippen LogP contribution in [-0.2, 0) is 17.6 Å². The summed E-state index contributed by atoms with van der Waals surface area (Å²) >= 11 is 0. The number of aliphatic imine (C=N–C) groups is 1. The number of aryl methyl sites for hydroxylation is 1. The van der Waals surface area contributed by atoms with Crippen LogP contribution in [-0.4, -0.2) is 67.8 Å². The molecule has 0 spiro atoms. The van der Waals surface area contributed by atoms with Crippen molar-refractivity contribution in [2.24, 2.45) is 4.99 Å². The number of hydrogen-bond acceptors (Lipinski definition) is 3. The number of fused-ring (bicyclic) bond motifs is 1. The third kappa shape index (κ3) is 4.86. The minimum atomic E-state index is 0.443. The highest BCUT2D eigenvalue weighted by Crippen LogP contribution is 2.22. The number of H-pyrrole nitrogens is 1. The molecule has 2 unspecified atom stereocenters. The molecule has 0 saturated carbocycles. The van der Waals surface area contributed by atoms with E-state index in [0.717, 1.165) is 51.6 Å². The number of nitrogens with one attached hydrogen (secondary N) is 3. The van der Waals surface area contributed by atoms with Gasteiger partial charge in [-0.2, -0.15) is 0 Å². The number of benzene rings is 1. The van der Waals surface area contributed by atoms with Gasteiger partial charge in [-0.3, -0.25) is 9.89 Å². The summed E-state index contributed by atoms with van der Waals surface area (Å²) < 4.78 is 5.54. The topological polar surface area (TPSA) is 64.7 Å². The molecule has 2 heterocycles. The summed E-state index contributed by atoms with van der Waals surface area (Å²) in [6.07, 6.45) is 4.15. The van der Waals surface area contributed by atoms with Gasteiger partial charge in [0.05, 0.1) is 13.2 Å². The second kappa shape index (κ2) is 9.94. The average molecular weight is 386 g/mol. The first-order valence-electron chi connectivity index (χ1n) is 10.5. The Morgan fingerprint density at radius 2 is 2.21 bits per heavy atom. The molecule has 2 atom stereocenters. The highest BCUT2D eigenvalue weighted by atomic mass is 16.5. The molecule has 6 nitrogen and oxygen atoms in total. The number of guanidine groups is 1. The zero-order valence-electron chi connectivity index (χ0n) is 17.7. The van der Waals surface area contributed by atoms with Gasteiger partial charge in [0.2, 0.25) is 0 Å². The highest BCUT2D eigenvalue weighted by molar-refractivity contribution is 5.86. The molecule has 0 aliphatic carbocycles. The first-order chi connectivity index (χ1) is 13.6. The van der Waals surface area contributed by atoms with E-state index >= 15 is 0 Å². The molecule has 0 radical (unpaired) electrons. The zero-order chi connectivity index (χ0) is 19.9. The van der Waals surface area contributed by atoms with Gasteiger partial charge in [-0.05, 0) is 37.8 Å². The highest BCUT2D eigenvalue weighted by Gasteiger charge is 2.23. The summed E-state index contributed by atoms with van der Waals surface area (Å²) in [5.74, 6) is 0.863. The summed E-state index contributed by atoms with van der Waals surface area (Å²) in [6, 6.07) is 7.47. The summed E-state index contributed by atoms with van der Waals surface area (Å²) in [5, 5.41) is 8.26. The van der Waals surface area contributed by atoms with Crippen LogP contribution in [0.5, 0.6) is 0 Å². The minimum absolute atomic E-state index is 0.443. The molecule has 154 valence electrons. The Morgan fingerprint density at radius 1 is 1.36 bits per heavy atom. The molecule has 0 amide bonds. The Balaban J connectivity index is 1.48. The maximum absolute atomic E-state index is 5.54. The van der Waals surface area contributed by atoms with Crippen molar-refractivity contribution in [3.05, 3.63) is 35.5 Å². The molecule has 1 aliphatic heterocycles. The first kappa shape index (κ1) is 20.7. The van der Waals surface area contributed by atoms with Crippen molar-refractivity contribution in [1.82, 2.24) is 20.5 Å². The summed E-state index contributed by atoms with van der Waals surface area (Å²) in [5.41, 5.74) is 4.00. The van der Waals surface area contributed by atoms with Crippen LogP contribution < -0.4 is 10.6 Å². The number of ether oxygens (including phenoxy) is 1. The van der Waals surface area contributed by atoms with Gasteiger partial charge in [0.15, 0.2) is 5.96 Å². The molecule has 1 aliphatic rings. The third-order valence-electron chi connectivity index (χ3n) is 5.73. The molecule has 28 heavy (non-hydrogen) atoms. The molecule has 0 bridgehead atoms. The summed E-state index contributed by atoms with van der Waals surface area (Å²) in [4.78, 5) is 10.3. The van der Waals surface area contributed by atoms with Crippen molar-refractivity contribution in [1.29, 1.82) is 0 Å². The Hall–Kier alpha value is -2.05. The second-order valence-corrected chi connectivity index (χ2v) is 7.65. The Labute approximate surface area is 168 Å². The van der Waals surface area contributed by atoms with Crippen molar-refractivity contribution >= 4 is 16.9 Å². The van der Waals surface area contributed by atoms with Crippen molar-refractivity contribution in [2.45, 2.75) is 45.7 Å². The molecule has 1 aromatic heterocycles. The summed E-state index contributed by atoms with van der Waals surface area (Å²) in [7, 11) is 1.83. The SMILES string of the molecule is CCc1cccc2c(CCNC(=NC)NCC(C)N3CCOCC3C)c[nH]c12. The molecule has 1 aromatic carbocycles. The average Bonchev–Trinajstić information content (AvgIpc) is 3.13. The lowest BCUT2D eigenvalue weighted by Crippen LogP contribution is -2.53. The van der Waals surface area contributed by atoms with Crippen LogP contribution in [0, 0.1) is 0 Å². The van der Waals surface area contributed by atoms with Gasteiger partial charge in [0.1, 0.15) is 0 Å². The van der Waals surface area contributed by atoms with Crippen LogP contribution in [0.1, 0.15) is 31.9 Å². The Bertz CT molecular complexity index is 784. The van der Waals surface area contributed by atoms with Crippen LogP contribution in [0.15, 0.2) is 29.4 Å². The molecule has 1 fully saturated rings. The van der Waals surface area contributed by atoms with Crippen molar-refractivity contribution < 1.29 is 4.74 Å². The van der Waals surface area contributed by atoms with E-state index in [2.05, 4.69) is 70.7 Å².